The van der Waals surface area contributed by atoms with Gasteiger partial charge in [0.1, 0.15) is 42.7 Å². The van der Waals surface area contributed by atoms with Gasteiger partial charge in [-0.15, -0.1) is 0 Å². The zero-order valence-electron chi connectivity index (χ0n) is 33.9. The van der Waals surface area contributed by atoms with Gasteiger partial charge in [-0.05, 0) is 111 Å². The van der Waals surface area contributed by atoms with E-state index < -0.39 is 102 Å². The molecule has 0 aromatic carbocycles. The molecule has 20 atom stereocenters. The number of carboxylic acid groups (broad SMARTS) is 2. The second-order valence-electron chi connectivity index (χ2n) is 20.0. The molecule has 2 saturated heterocycles. The summed E-state index contributed by atoms with van der Waals surface area (Å²) in [6.07, 6.45) is -6.76. The van der Waals surface area contributed by atoms with Crippen LogP contribution >= 0.6 is 0 Å². The summed E-state index contributed by atoms with van der Waals surface area (Å²) in [6.45, 7) is 14.1. The predicted octanol–water partition coefficient (Wildman–Crippen LogP) is 2.83. The number of hydrogen-bond acceptors (Lipinski definition) is 12. The molecule has 7 rings (SSSR count). The fourth-order valence-corrected chi connectivity index (χ4v) is 14.0. The molecule has 8 N–H and O–H groups in total. The van der Waals surface area contributed by atoms with Gasteiger partial charge in [0.05, 0.1) is 29.6 Å². The third-order valence-corrected chi connectivity index (χ3v) is 17.4. The summed E-state index contributed by atoms with van der Waals surface area (Å²) in [4.78, 5) is 27.0. The van der Waals surface area contributed by atoms with Crippen molar-refractivity contribution in [3.63, 3.8) is 0 Å². The van der Waals surface area contributed by atoms with Crippen LogP contribution in [0.4, 0.5) is 0 Å². The molecule has 0 radical (unpaired) electrons. The number of ether oxygens (including phenoxy) is 4. The average molecular weight is 795 g/mol. The molecule has 2 aliphatic heterocycles. The highest BCUT2D eigenvalue weighted by Crippen LogP contribution is 2.76. The molecule has 6 fully saturated rings. The van der Waals surface area contributed by atoms with E-state index in [1.165, 1.54) is 0 Å². The number of aliphatic hydroxyl groups is 6. The minimum Gasteiger partial charge on any atom is -0.481 e. The van der Waals surface area contributed by atoms with E-state index >= 15 is 0 Å². The number of hydrogen-bond donors (Lipinski definition) is 8. The van der Waals surface area contributed by atoms with Crippen LogP contribution in [-0.4, -0.2) is 127 Å². The van der Waals surface area contributed by atoms with Gasteiger partial charge in [-0.2, -0.15) is 0 Å². The Morgan fingerprint density at radius 2 is 1.41 bits per heavy atom. The minimum atomic E-state index is -1.69. The molecule has 0 unspecified atom stereocenters. The van der Waals surface area contributed by atoms with Gasteiger partial charge in [0.15, 0.2) is 12.6 Å². The van der Waals surface area contributed by atoms with Gasteiger partial charge in [0.2, 0.25) is 0 Å². The first kappa shape index (κ1) is 42.4. The van der Waals surface area contributed by atoms with Gasteiger partial charge in [-0.1, -0.05) is 53.2 Å². The van der Waals surface area contributed by atoms with E-state index in [0.29, 0.717) is 44.4 Å². The van der Waals surface area contributed by atoms with Crippen LogP contribution in [0.25, 0.3) is 0 Å². The summed E-state index contributed by atoms with van der Waals surface area (Å²) >= 11 is 0. The Morgan fingerprint density at radius 3 is 2.05 bits per heavy atom. The van der Waals surface area contributed by atoms with Crippen molar-refractivity contribution >= 4 is 11.9 Å². The number of aliphatic carboxylic acids is 2. The summed E-state index contributed by atoms with van der Waals surface area (Å²) in [5, 5.41) is 85.2. The number of rotatable bonds is 7. The largest absolute Gasteiger partial charge is 0.481 e. The van der Waals surface area contributed by atoms with Crippen LogP contribution in [0.1, 0.15) is 106 Å². The van der Waals surface area contributed by atoms with Crippen LogP contribution in [0.15, 0.2) is 11.6 Å². The fraction of sp³-hybridized carbons (Fsp3) is 0.905. The molecule has 14 heteroatoms. The van der Waals surface area contributed by atoms with E-state index in [1.54, 1.807) is 6.92 Å². The highest BCUT2D eigenvalue weighted by atomic mass is 16.7. The molecule has 4 saturated carbocycles. The van der Waals surface area contributed by atoms with Crippen molar-refractivity contribution in [1.82, 2.24) is 0 Å². The molecule has 7 aliphatic rings. The van der Waals surface area contributed by atoms with Gasteiger partial charge in [0.25, 0.3) is 0 Å². The normalized spacial score (nSPS) is 54.1. The number of carbonyl (C=O) groups is 2. The molecule has 0 spiro atoms. The van der Waals surface area contributed by atoms with Crippen molar-refractivity contribution in [2.24, 2.45) is 56.7 Å². The van der Waals surface area contributed by atoms with Crippen LogP contribution in [0.2, 0.25) is 0 Å². The van der Waals surface area contributed by atoms with E-state index in [1.807, 2.05) is 0 Å². The number of carboxylic acids is 2. The van der Waals surface area contributed by atoms with E-state index in [4.69, 9.17) is 18.9 Å². The maximum atomic E-state index is 13.9. The molecule has 0 amide bonds. The lowest BCUT2D eigenvalue weighted by atomic mass is 9.33. The molecule has 0 aromatic heterocycles. The van der Waals surface area contributed by atoms with E-state index in [2.05, 4.69) is 47.6 Å². The lowest BCUT2D eigenvalue weighted by Crippen LogP contribution is -2.68. The monoisotopic (exact) mass is 794 g/mol. The van der Waals surface area contributed by atoms with Crippen LogP contribution in [0.3, 0.4) is 0 Å². The van der Waals surface area contributed by atoms with Gasteiger partial charge < -0.3 is 59.8 Å². The zero-order chi connectivity index (χ0) is 41.1. The number of aliphatic hydroxyl groups excluding tert-OH is 6. The smallest absolute Gasteiger partial charge is 0.314 e. The Balaban J connectivity index is 1.11. The molecule has 56 heavy (non-hydrogen) atoms. The summed E-state index contributed by atoms with van der Waals surface area (Å²) in [5.41, 5.74) is -2.55. The Bertz CT molecular complexity index is 1550. The molecule has 0 bridgehead atoms. The van der Waals surface area contributed by atoms with Crippen molar-refractivity contribution in [3.05, 3.63) is 11.6 Å². The second kappa shape index (κ2) is 14.5. The summed E-state index contributed by atoms with van der Waals surface area (Å²) in [6, 6.07) is 0. The Kier molecular flexibility index (Phi) is 11.0. The summed E-state index contributed by atoms with van der Waals surface area (Å²) in [5.74, 6) is -1.45. The highest BCUT2D eigenvalue weighted by Gasteiger charge is 2.73. The first-order valence-corrected chi connectivity index (χ1v) is 20.9. The van der Waals surface area contributed by atoms with E-state index in [9.17, 15) is 50.4 Å². The van der Waals surface area contributed by atoms with E-state index in [0.717, 1.165) is 24.8 Å². The molecule has 318 valence electrons. The molecule has 14 nitrogen and oxygen atoms in total. The van der Waals surface area contributed by atoms with Gasteiger partial charge >= 0.3 is 11.9 Å². The SMILES string of the molecule is C[C@H]1[C@H](C)CC[C@]2(C(=O)O)CC[C@]3(C(=O)O)C(=CC[C@@H]4[C@]5(C)CC[C@H](O[C@@H]6O[C@H](C)[C@H](O[C@@H]7O[C@H](CO)[C@@H](O)[C@H](O)[C@H]7O)[C@H](O)[C@@H]6O)C(C)(C)[C@@H]5CC[C@@]43C)[C@H]12. The molecule has 5 aliphatic carbocycles. The molecular weight excluding hydrogens is 728 g/mol. The van der Waals surface area contributed by atoms with Crippen LogP contribution in [-0.2, 0) is 28.5 Å². The first-order valence-electron chi connectivity index (χ1n) is 20.9. The zero-order valence-corrected chi connectivity index (χ0v) is 33.9. The third-order valence-electron chi connectivity index (χ3n) is 17.4. The summed E-state index contributed by atoms with van der Waals surface area (Å²) in [7, 11) is 0. The van der Waals surface area contributed by atoms with E-state index in [-0.39, 0.29) is 35.2 Å². The molecule has 0 aromatic rings. The minimum absolute atomic E-state index is 0.0289. The maximum absolute atomic E-state index is 13.9. The third kappa shape index (κ3) is 5.85. The van der Waals surface area contributed by atoms with Crippen molar-refractivity contribution in [2.45, 2.75) is 174 Å². The van der Waals surface area contributed by atoms with Crippen molar-refractivity contribution in [2.75, 3.05) is 6.61 Å². The summed E-state index contributed by atoms with van der Waals surface area (Å²) < 4.78 is 24.0. The quantitative estimate of drug-likeness (QED) is 0.137. The van der Waals surface area contributed by atoms with Crippen LogP contribution in [0.5, 0.6) is 0 Å². The van der Waals surface area contributed by atoms with Crippen LogP contribution < -0.4 is 0 Å². The van der Waals surface area contributed by atoms with Crippen molar-refractivity contribution < 1.29 is 69.4 Å². The molecule has 2 heterocycles. The Labute approximate surface area is 329 Å². The maximum Gasteiger partial charge on any atom is 0.314 e. The topological polar surface area (TPSA) is 233 Å². The fourth-order valence-electron chi connectivity index (χ4n) is 14.0. The lowest BCUT2D eigenvalue weighted by Gasteiger charge is -2.70. The number of allylic oxidation sites excluding steroid dienone is 1. The Morgan fingerprint density at radius 1 is 0.750 bits per heavy atom. The standard InChI is InChI=1S/C42H66O14/c1-19-10-15-41(36(49)50)16-17-42(37(51)52)22(27(41)20(19)2)8-9-25-39(6)13-12-26(38(4,5)24(39)11-14-40(25,42)7)55-34-32(48)30(46)33(21(3)53-34)56-35-31(47)29(45)28(44)23(18-43)54-35/h8,19-21,23-35,43-48H,9-18H2,1-7H3,(H,49,50)(H,51,52)/t19-,20+,21-,23-,24+,25-,26+,27+,28-,29+,30-,31-,32+,33+,34+,35+,39-,40+,41+,42-/m1/s1. The average Bonchev–Trinajstić information content (AvgIpc) is 3.14. The van der Waals surface area contributed by atoms with Crippen LogP contribution in [0, 0.1) is 56.7 Å². The number of fused-ring (bicyclic) bond motifs is 7. The Hall–Kier alpha value is -1.72. The highest BCUT2D eigenvalue weighted by molar-refractivity contribution is 5.84. The lowest BCUT2D eigenvalue weighted by molar-refractivity contribution is -0.364. The van der Waals surface area contributed by atoms with Crippen molar-refractivity contribution in [1.29, 1.82) is 0 Å². The second-order valence-corrected chi connectivity index (χ2v) is 20.0. The predicted molar refractivity (Wildman–Crippen MR) is 198 cm³/mol. The molecular formula is C42H66O14. The van der Waals surface area contributed by atoms with Gasteiger partial charge in [-0.25, -0.2) is 0 Å². The first-order chi connectivity index (χ1) is 26.1. The van der Waals surface area contributed by atoms with Crippen molar-refractivity contribution in [3.8, 4) is 0 Å². The van der Waals surface area contributed by atoms with Gasteiger partial charge in [-0.3, -0.25) is 9.59 Å². The van der Waals surface area contributed by atoms with Gasteiger partial charge in [0, 0.05) is 0 Å².